The minimum Gasteiger partial charge on any atom is -0.502 e. The summed E-state index contributed by atoms with van der Waals surface area (Å²) in [6.45, 7) is 1.97. The van der Waals surface area contributed by atoms with E-state index in [1.165, 1.54) is 14.2 Å². The number of allylic oxidation sites excluding steroid dienone is 2. The standard InChI is InChI=1S/C12H16O3/c1-4-5-6-9-7-10(14-2)12(13)11(8-9)15-3/h4-5,7-8,13H,6H2,1-3H3. The van der Waals surface area contributed by atoms with Crippen molar-refractivity contribution in [3.8, 4) is 17.2 Å². The van der Waals surface area contributed by atoms with Crippen molar-refractivity contribution < 1.29 is 14.6 Å². The molecule has 0 aliphatic rings. The highest BCUT2D eigenvalue weighted by molar-refractivity contribution is 5.53. The lowest BCUT2D eigenvalue weighted by Crippen LogP contribution is -1.92. The van der Waals surface area contributed by atoms with Crippen molar-refractivity contribution >= 4 is 0 Å². The van der Waals surface area contributed by atoms with Gasteiger partial charge < -0.3 is 14.6 Å². The minimum absolute atomic E-state index is 0.0456. The third-order valence-electron chi connectivity index (χ3n) is 2.13. The van der Waals surface area contributed by atoms with Gasteiger partial charge in [-0.15, -0.1) is 0 Å². The summed E-state index contributed by atoms with van der Waals surface area (Å²) in [7, 11) is 3.04. The van der Waals surface area contributed by atoms with Gasteiger partial charge in [-0.05, 0) is 31.0 Å². The molecule has 0 saturated heterocycles. The van der Waals surface area contributed by atoms with E-state index in [4.69, 9.17) is 9.47 Å². The Balaban J connectivity index is 3.08. The summed E-state index contributed by atoms with van der Waals surface area (Å²) in [5.74, 6) is 0.923. The smallest absolute Gasteiger partial charge is 0.200 e. The highest BCUT2D eigenvalue weighted by Gasteiger charge is 2.10. The fraction of sp³-hybridized carbons (Fsp3) is 0.333. The number of benzene rings is 1. The van der Waals surface area contributed by atoms with E-state index >= 15 is 0 Å². The Morgan fingerprint density at radius 2 is 1.73 bits per heavy atom. The third-order valence-corrected chi connectivity index (χ3v) is 2.13. The van der Waals surface area contributed by atoms with Crippen LogP contribution in [0.5, 0.6) is 17.2 Å². The zero-order valence-corrected chi connectivity index (χ0v) is 9.28. The first kappa shape index (κ1) is 11.4. The van der Waals surface area contributed by atoms with Gasteiger partial charge in [0.1, 0.15) is 0 Å². The van der Waals surface area contributed by atoms with Crippen molar-refractivity contribution in [3.05, 3.63) is 29.8 Å². The molecule has 1 rings (SSSR count). The first-order valence-electron chi connectivity index (χ1n) is 4.78. The summed E-state index contributed by atoms with van der Waals surface area (Å²) in [5.41, 5.74) is 1.04. The van der Waals surface area contributed by atoms with Crippen LogP contribution in [-0.4, -0.2) is 19.3 Å². The van der Waals surface area contributed by atoms with Crippen LogP contribution in [0.3, 0.4) is 0 Å². The molecule has 3 nitrogen and oxygen atoms in total. The normalized spacial score (nSPS) is 10.6. The number of rotatable bonds is 4. The van der Waals surface area contributed by atoms with Crippen LogP contribution in [0.2, 0.25) is 0 Å². The first-order chi connectivity index (χ1) is 7.22. The number of methoxy groups -OCH3 is 2. The van der Waals surface area contributed by atoms with Gasteiger partial charge in [-0.3, -0.25) is 0 Å². The molecule has 0 fully saturated rings. The van der Waals surface area contributed by atoms with Gasteiger partial charge in [0.15, 0.2) is 11.5 Å². The molecular weight excluding hydrogens is 192 g/mol. The predicted octanol–water partition coefficient (Wildman–Crippen LogP) is 2.53. The number of phenolic OH excluding ortho intramolecular Hbond substituents is 1. The summed E-state index contributed by atoms with van der Waals surface area (Å²) >= 11 is 0. The van der Waals surface area contributed by atoms with E-state index in [9.17, 15) is 5.11 Å². The lowest BCUT2D eigenvalue weighted by Gasteiger charge is -2.10. The molecule has 0 aromatic heterocycles. The average molecular weight is 208 g/mol. The van der Waals surface area contributed by atoms with Gasteiger partial charge in [-0.2, -0.15) is 0 Å². The van der Waals surface area contributed by atoms with Crippen molar-refractivity contribution in [1.29, 1.82) is 0 Å². The van der Waals surface area contributed by atoms with Gasteiger partial charge in [0, 0.05) is 0 Å². The molecule has 0 saturated carbocycles. The van der Waals surface area contributed by atoms with E-state index in [0.29, 0.717) is 11.5 Å². The third kappa shape index (κ3) is 2.65. The minimum atomic E-state index is 0.0456. The van der Waals surface area contributed by atoms with Crippen LogP contribution in [-0.2, 0) is 6.42 Å². The topological polar surface area (TPSA) is 38.7 Å². The van der Waals surface area contributed by atoms with Crippen LogP contribution in [0.15, 0.2) is 24.3 Å². The van der Waals surface area contributed by atoms with Crippen LogP contribution < -0.4 is 9.47 Å². The Hall–Kier alpha value is -1.64. The molecule has 0 atom stereocenters. The number of aromatic hydroxyl groups is 1. The largest absolute Gasteiger partial charge is 0.502 e. The summed E-state index contributed by atoms with van der Waals surface area (Å²) in [5, 5.41) is 9.67. The van der Waals surface area contributed by atoms with E-state index in [1.54, 1.807) is 12.1 Å². The molecule has 0 bridgehead atoms. The Labute approximate surface area is 90.0 Å². The van der Waals surface area contributed by atoms with Crippen molar-refractivity contribution in [2.45, 2.75) is 13.3 Å². The Morgan fingerprint density at radius 1 is 1.20 bits per heavy atom. The van der Waals surface area contributed by atoms with Crippen LogP contribution in [0.25, 0.3) is 0 Å². The first-order valence-corrected chi connectivity index (χ1v) is 4.78. The average Bonchev–Trinajstić information content (AvgIpc) is 2.27. The molecule has 0 aliphatic heterocycles. The van der Waals surface area contributed by atoms with Crippen LogP contribution in [0, 0.1) is 0 Å². The van der Waals surface area contributed by atoms with Crippen molar-refractivity contribution in [2.75, 3.05) is 14.2 Å². The van der Waals surface area contributed by atoms with Gasteiger partial charge in [-0.1, -0.05) is 12.2 Å². The van der Waals surface area contributed by atoms with E-state index in [1.807, 2.05) is 19.1 Å². The second kappa shape index (κ2) is 5.29. The molecule has 0 spiro atoms. The molecule has 3 heteroatoms. The molecular formula is C12H16O3. The van der Waals surface area contributed by atoms with E-state index in [0.717, 1.165) is 12.0 Å². The molecule has 82 valence electrons. The Bertz CT molecular complexity index is 331. The molecule has 0 heterocycles. The van der Waals surface area contributed by atoms with Crippen LogP contribution in [0.1, 0.15) is 12.5 Å². The summed E-state index contributed by atoms with van der Waals surface area (Å²) in [4.78, 5) is 0. The number of phenols is 1. The molecule has 0 unspecified atom stereocenters. The van der Waals surface area contributed by atoms with Gasteiger partial charge in [0.25, 0.3) is 0 Å². The SMILES string of the molecule is CC=CCc1cc(OC)c(O)c(OC)c1. The highest BCUT2D eigenvalue weighted by atomic mass is 16.5. The second-order valence-corrected chi connectivity index (χ2v) is 3.12. The molecule has 0 radical (unpaired) electrons. The van der Waals surface area contributed by atoms with E-state index in [2.05, 4.69) is 0 Å². The molecule has 15 heavy (non-hydrogen) atoms. The van der Waals surface area contributed by atoms with Gasteiger partial charge >= 0.3 is 0 Å². The zero-order valence-electron chi connectivity index (χ0n) is 9.28. The molecule has 0 amide bonds. The molecule has 1 N–H and O–H groups in total. The Kier molecular flexibility index (Phi) is 4.03. The highest BCUT2D eigenvalue weighted by Crippen LogP contribution is 2.37. The van der Waals surface area contributed by atoms with Crippen LogP contribution >= 0.6 is 0 Å². The summed E-state index contributed by atoms with van der Waals surface area (Å²) in [6, 6.07) is 3.61. The maximum absolute atomic E-state index is 9.67. The van der Waals surface area contributed by atoms with Crippen molar-refractivity contribution in [2.24, 2.45) is 0 Å². The number of hydrogen-bond acceptors (Lipinski definition) is 3. The van der Waals surface area contributed by atoms with E-state index < -0.39 is 0 Å². The maximum Gasteiger partial charge on any atom is 0.200 e. The monoisotopic (exact) mass is 208 g/mol. The maximum atomic E-state index is 9.67. The van der Waals surface area contributed by atoms with Gasteiger partial charge in [0.2, 0.25) is 5.75 Å². The molecule has 1 aromatic rings. The molecule has 0 aliphatic carbocycles. The predicted molar refractivity (Wildman–Crippen MR) is 59.7 cm³/mol. The van der Waals surface area contributed by atoms with Gasteiger partial charge in [0.05, 0.1) is 14.2 Å². The summed E-state index contributed by atoms with van der Waals surface area (Å²) in [6.07, 6.45) is 4.81. The van der Waals surface area contributed by atoms with Gasteiger partial charge in [-0.25, -0.2) is 0 Å². The fourth-order valence-electron chi connectivity index (χ4n) is 1.32. The quantitative estimate of drug-likeness (QED) is 0.773. The Morgan fingerprint density at radius 3 is 2.13 bits per heavy atom. The van der Waals surface area contributed by atoms with Crippen molar-refractivity contribution in [1.82, 2.24) is 0 Å². The van der Waals surface area contributed by atoms with E-state index in [-0.39, 0.29) is 5.75 Å². The fourth-order valence-corrected chi connectivity index (χ4v) is 1.32. The lowest BCUT2D eigenvalue weighted by molar-refractivity contribution is 0.339. The number of hydrogen-bond donors (Lipinski definition) is 1. The number of ether oxygens (including phenoxy) is 2. The zero-order chi connectivity index (χ0) is 11.3. The molecule has 1 aromatic carbocycles. The second-order valence-electron chi connectivity index (χ2n) is 3.12. The van der Waals surface area contributed by atoms with Crippen LogP contribution in [0.4, 0.5) is 0 Å². The summed E-state index contributed by atoms with van der Waals surface area (Å²) < 4.78 is 10.1. The lowest BCUT2D eigenvalue weighted by atomic mass is 10.1. The van der Waals surface area contributed by atoms with Crippen molar-refractivity contribution in [3.63, 3.8) is 0 Å².